The van der Waals surface area contributed by atoms with Gasteiger partial charge in [-0.2, -0.15) is 18.3 Å². The molecule has 242 valence electrons. The normalized spacial score (nSPS) is 19.6. The predicted octanol–water partition coefficient (Wildman–Crippen LogP) is 5.27. The van der Waals surface area contributed by atoms with Crippen LogP contribution in [-0.2, 0) is 19.1 Å². The van der Waals surface area contributed by atoms with E-state index in [1.54, 1.807) is 29.9 Å². The number of benzene rings is 1. The first-order valence-corrected chi connectivity index (χ1v) is 15.7. The lowest BCUT2D eigenvalue weighted by molar-refractivity contribution is -0.138. The van der Waals surface area contributed by atoms with Gasteiger partial charge in [0.2, 0.25) is 11.8 Å². The highest BCUT2D eigenvalue weighted by molar-refractivity contribution is 9.10. The molecule has 0 unspecified atom stereocenters. The van der Waals surface area contributed by atoms with Crippen molar-refractivity contribution < 1.29 is 22.7 Å². The third-order valence-electron chi connectivity index (χ3n) is 8.64. The molecule has 1 aliphatic carbocycles. The van der Waals surface area contributed by atoms with Crippen molar-refractivity contribution in [1.82, 2.24) is 34.1 Å². The van der Waals surface area contributed by atoms with E-state index >= 15 is 0 Å². The molecule has 4 heterocycles. The van der Waals surface area contributed by atoms with Crippen LogP contribution < -0.4 is 10.3 Å². The largest absolute Gasteiger partial charge is 0.474 e. The summed E-state index contributed by atoms with van der Waals surface area (Å²) in [6.07, 6.45) is -1.01. The van der Waals surface area contributed by atoms with Crippen molar-refractivity contribution in [2.75, 3.05) is 14.1 Å². The standard InChI is InChI=1S/C32H33BrF3N7O3/c1-17-10-19(3)43(39-17)31-38-27-16-41(29(44)20-6-8-26(33)25(12-20)32(34,35)36)18(2)11-24(27)30(45)42(31)21-7-9-28(37-15-21)46-23-13-22(14-23)40(4)5/h6-10,12,15,18,22-23H,11,13-14,16H2,1-5H3/t18-,22?,23?/m1/s1. The van der Waals surface area contributed by atoms with Gasteiger partial charge in [-0.15, -0.1) is 0 Å². The van der Waals surface area contributed by atoms with Gasteiger partial charge in [0.25, 0.3) is 11.5 Å². The van der Waals surface area contributed by atoms with Gasteiger partial charge in [0.1, 0.15) is 6.10 Å². The van der Waals surface area contributed by atoms with E-state index in [0.29, 0.717) is 28.9 Å². The zero-order valence-corrected chi connectivity index (χ0v) is 27.6. The topological polar surface area (TPSA) is 98.4 Å². The van der Waals surface area contributed by atoms with Crippen molar-refractivity contribution in [2.45, 2.75) is 70.9 Å². The Bertz CT molecular complexity index is 1860. The molecule has 0 N–H and O–H groups in total. The zero-order chi connectivity index (χ0) is 33.1. The maximum atomic E-state index is 14.2. The van der Waals surface area contributed by atoms with Gasteiger partial charge >= 0.3 is 6.18 Å². The maximum absolute atomic E-state index is 14.2. The first-order valence-electron chi connectivity index (χ1n) is 14.9. The molecule has 1 fully saturated rings. The Morgan fingerprint density at radius 2 is 1.85 bits per heavy atom. The van der Waals surface area contributed by atoms with Crippen LogP contribution in [0.4, 0.5) is 13.2 Å². The van der Waals surface area contributed by atoms with Crippen molar-refractivity contribution in [1.29, 1.82) is 0 Å². The molecule has 3 aromatic heterocycles. The highest BCUT2D eigenvalue weighted by atomic mass is 79.9. The van der Waals surface area contributed by atoms with Gasteiger partial charge < -0.3 is 14.5 Å². The number of rotatable bonds is 6. The van der Waals surface area contributed by atoms with Gasteiger partial charge in [-0.25, -0.2) is 19.2 Å². The Morgan fingerprint density at radius 1 is 1.11 bits per heavy atom. The van der Waals surface area contributed by atoms with E-state index in [0.717, 1.165) is 30.3 Å². The zero-order valence-electron chi connectivity index (χ0n) is 26.0. The lowest BCUT2D eigenvalue weighted by Gasteiger charge is -2.39. The number of pyridine rings is 1. The average Bonchev–Trinajstić information content (AvgIpc) is 3.31. The third-order valence-corrected chi connectivity index (χ3v) is 9.33. The van der Waals surface area contributed by atoms with Crippen LogP contribution in [0.15, 0.2) is 51.9 Å². The summed E-state index contributed by atoms with van der Waals surface area (Å²) in [5.74, 6) is 0.0857. The third kappa shape index (κ3) is 5.95. The number of hydrogen-bond acceptors (Lipinski definition) is 7. The van der Waals surface area contributed by atoms with E-state index in [2.05, 4.69) is 30.9 Å². The van der Waals surface area contributed by atoms with E-state index < -0.39 is 23.7 Å². The molecule has 1 saturated carbocycles. The molecular weight excluding hydrogens is 667 g/mol. The number of carbonyl (C=O) groups is 1. The van der Waals surface area contributed by atoms with E-state index in [1.807, 2.05) is 34.0 Å². The van der Waals surface area contributed by atoms with Gasteiger partial charge in [0, 0.05) is 52.3 Å². The van der Waals surface area contributed by atoms with Gasteiger partial charge in [0.15, 0.2) is 0 Å². The number of aryl methyl sites for hydroxylation is 2. The number of fused-ring (bicyclic) bond motifs is 1. The molecule has 1 amide bonds. The van der Waals surface area contributed by atoms with Crippen LogP contribution >= 0.6 is 15.9 Å². The monoisotopic (exact) mass is 699 g/mol. The highest BCUT2D eigenvalue weighted by Crippen LogP contribution is 2.36. The number of ether oxygens (including phenoxy) is 1. The average molecular weight is 701 g/mol. The van der Waals surface area contributed by atoms with E-state index in [1.165, 1.54) is 21.6 Å². The summed E-state index contributed by atoms with van der Waals surface area (Å²) in [5, 5.41) is 4.56. The number of amides is 1. The number of carbonyl (C=O) groups excluding carboxylic acids is 1. The number of aromatic nitrogens is 5. The Hall–Kier alpha value is -4.04. The second-order valence-electron chi connectivity index (χ2n) is 12.2. The second kappa shape index (κ2) is 12.0. The fourth-order valence-electron chi connectivity index (χ4n) is 5.97. The lowest BCUT2D eigenvalue weighted by Crippen LogP contribution is -2.46. The molecule has 1 aliphatic heterocycles. The maximum Gasteiger partial charge on any atom is 0.417 e. The summed E-state index contributed by atoms with van der Waals surface area (Å²) in [5.41, 5.74) is 1.31. The van der Waals surface area contributed by atoms with Crippen molar-refractivity contribution in [3.8, 4) is 17.5 Å². The van der Waals surface area contributed by atoms with E-state index in [4.69, 9.17) is 9.72 Å². The minimum Gasteiger partial charge on any atom is -0.474 e. The number of hydrogen-bond donors (Lipinski definition) is 0. The summed E-state index contributed by atoms with van der Waals surface area (Å²) in [6.45, 7) is 5.37. The molecule has 6 rings (SSSR count). The second-order valence-corrected chi connectivity index (χ2v) is 13.0. The molecule has 14 heteroatoms. The predicted molar refractivity (Wildman–Crippen MR) is 168 cm³/mol. The minimum absolute atomic E-state index is 0.0600. The number of nitrogens with zero attached hydrogens (tertiary/aromatic N) is 7. The molecule has 2 aliphatic rings. The molecule has 4 aromatic rings. The molecule has 0 bridgehead atoms. The van der Waals surface area contributed by atoms with Gasteiger partial charge in [0.05, 0.1) is 35.4 Å². The molecule has 1 aromatic carbocycles. The van der Waals surface area contributed by atoms with Crippen molar-refractivity contribution in [2.24, 2.45) is 0 Å². The van der Waals surface area contributed by atoms with Crippen LogP contribution in [0.1, 0.15) is 58.3 Å². The van der Waals surface area contributed by atoms with Crippen LogP contribution in [0.2, 0.25) is 0 Å². The lowest BCUT2D eigenvalue weighted by atomic mass is 9.88. The van der Waals surface area contributed by atoms with Gasteiger partial charge in [-0.05, 0) is 71.6 Å². The van der Waals surface area contributed by atoms with Crippen LogP contribution in [0.5, 0.6) is 5.88 Å². The molecule has 1 atom stereocenters. The van der Waals surface area contributed by atoms with Crippen LogP contribution in [-0.4, -0.2) is 72.3 Å². The van der Waals surface area contributed by atoms with Crippen molar-refractivity contribution in [3.63, 3.8) is 0 Å². The molecule has 0 spiro atoms. The molecule has 46 heavy (non-hydrogen) atoms. The number of halogens is 4. The van der Waals surface area contributed by atoms with E-state index in [9.17, 15) is 22.8 Å². The fourth-order valence-corrected chi connectivity index (χ4v) is 6.44. The Morgan fingerprint density at radius 3 is 2.46 bits per heavy atom. The Kier molecular flexibility index (Phi) is 8.30. The number of alkyl halides is 3. The van der Waals surface area contributed by atoms with Crippen molar-refractivity contribution in [3.05, 3.63) is 91.2 Å². The van der Waals surface area contributed by atoms with Crippen LogP contribution in [0, 0.1) is 13.8 Å². The first-order chi connectivity index (χ1) is 21.7. The summed E-state index contributed by atoms with van der Waals surface area (Å²) < 4.78 is 49.7. The van der Waals surface area contributed by atoms with Gasteiger partial charge in [-0.1, -0.05) is 15.9 Å². The fraction of sp³-hybridized carbons (Fsp3) is 0.406. The van der Waals surface area contributed by atoms with Gasteiger partial charge in [-0.3, -0.25) is 9.59 Å². The Labute approximate surface area is 271 Å². The molecule has 0 radical (unpaired) electrons. The minimum atomic E-state index is -4.64. The highest BCUT2D eigenvalue weighted by Gasteiger charge is 2.36. The van der Waals surface area contributed by atoms with Crippen LogP contribution in [0.3, 0.4) is 0 Å². The molecule has 0 saturated heterocycles. The molecular formula is C32H33BrF3N7O3. The van der Waals surface area contributed by atoms with E-state index in [-0.39, 0.29) is 40.6 Å². The summed E-state index contributed by atoms with van der Waals surface area (Å²) in [4.78, 5) is 40.8. The summed E-state index contributed by atoms with van der Waals surface area (Å²) >= 11 is 2.93. The summed E-state index contributed by atoms with van der Waals surface area (Å²) in [7, 11) is 4.09. The Balaban J connectivity index is 1.36. The SMILES string of the molecule is Cc1cc(C)n(-c2nc3c(c(=O)n2-c2ccc(OC4CC(N(C)C)C4)nc2)C[C@@H](C)N(C(=O)c2ccc(Br)c(C(F)(F)F)c2)C3)n1. The smallest absolute Gasteiger partial charge is 0.417 e. The molecule has 10 nitrogen and oxygen atoms in total. The first kappa shape index (κ1) is 31.9. The van der Waals surface area contributed by atoms with Crippen LogP contribution in [0.25, 0.3) is 11.6 Å². The quantitative estimate of drug-likeness (QED) is 0.271. The van der Waals surface area contributed by atoms with Crippen molar-refractivity contribution >= 4 is 21.8 Å². The summed E-state index contributed by atoms with van der Waals surface area (Å²) in [6, 6.07) is 8.74.